The van der Waals surface area contributed by atoms with Crippen molar-refractivity contribution in [1.29, 1.82) is 0 Å². The average molecular weight is 535 g/mol. The number of carbonyl (C=O) groups is 2. The first-order chi connectivity index (χ1) is 17.5. The van der Waals surface area contributed by atoms with Crippen LogP contribution in [0.1, 0.15) is 42.4 Å². The number of carbonyl (C=O) groups excluding carboxylic acids is 2. The summed E-state index contributed by atoms with van der Waals surface area (Å²) in [4.78, 5) is 27.4. The van der Waals surface area contributed by atoms with Gasteiger partial charge < -0.3 is 5.32 Å². The maximum absolute atomic E-state index is 13.3. The van der Waals surface area contributed by atoms with E-state index in [4.69, 9.17) is 28.3 Å². The van der Waals surface area contributed by atoms with Gasteiger partial charge in [-0.2, -0.15) is 5.10 Å². The lowest BCUT2D eigenvalue weighted by molar-refractivity contribution is -0.117. The van der Waals surface area contributed by atoms with Crippen LogP contribution in [0.3, 0.4) is 0 Å². The van der Waals surface area contributed by atoms with Crippen LogP contribution >= 0.6 is 23.2 Å². The maximum atomic E-state index is 13.3. The van der Waals surface area contributed by atoms with Gasteiger partial charge in [0.15, 0.2) is 0 Å². The van der Waals surface area contributed by atoms with Crippen molar-refractivity contribution >= 4 is 46.5 Å². The fraction of sp³-hybridized carbons (Fsp3) is 0.207. The second-order valence-corrected chi connectivity index (χ2v) is 10.7. The SMILES string of the molecule is CN(C(=O)Cc1ccc(C(=O)Nc2ccc(Cl)cc2)cc1)c1cc(C(C)(C)C)nn1-c1cccc(Cl)c1. The molecule has 0 fully saturated rings. The quantitative estimate of drug-likeness (QED) is 0.291. The smallest absolute Gasteiger partial charge is 0.255 e. The van der Waals surface area contributed by atoms with E-state index in [1.807, 2.05) is 24.3 Å². The van der Waals surface area contributed by atoms with Gasteiger partial charge in [-0.3, -0.25) is 14.5 Å². The molecule has 4 aromatic rings. The molecular formula is C29H28Cl2N4O2. The molecule has 1 N–H and O–H groups in total. The zero-order chi connectivity index (χ0) is 26.7. The molecule has 37 heavy (non-hydrogen) atoms. The second-order valence-electron chi connectivity index (χ2n) is 9.82. The predicted molar refractivity (Wildman–Crippen MR) is 150 cm³/mol. The van der Waals surface area contributed by atoms with Crippen molar-refractivity contribution in [3.05, 3.63) is 106 Å². The first-order valence-corrected chi connectivity index (χ1v) is 12.6. The largest absolute Gasteiger partial charge is 0.322 e. The Kier molecular flexibility index (Phi) is 7.71. The van der Waals surface area contributed by atoms with Gasteiger partial charge >= 0.3 is 0 Å². The summed E-state index contributed by atoms with van der Waals surface area (Å²) in [5.41, 5.74) is 3.37. The molecular weight excluding hydrogens is 507 g/mol. The van der Waals surface area contributed by atoms with Crippen LogP contribution in [0.15, 0.2) is 78.9 Å². The van der Waals surface area contributed by atoms with Gasteiger partial charge in [-0.05, 0) is 60.2 Å². The third-order valence-corrected chi connectivity index (χ3v) is 6.39. The number of likely N-dealkylation sites (N-methyl/N-ethyl adjacent to an activating group) is 1. The molecule has 8 heteroatoms. The Morgan fingerprint density at radius 2 is 1.59 bits per heavy atom. The number of nitrogens with one attached hydrogen (secondary N) is 1. The summed E-state index contributed by atoms with van der Waals surface area (Å²) in [5.74, 6) is 0.301. The highest BCUT2D eigenvalue weighted by Gasteiger charge is 2.24. The first kappa shape index (κ1) is 26.5. The molecule has 0 spiro atoms. The molecule has 0 saturated heterocycles. The molecule has 190 valence electrons. The Balaban J connectivity index is 1.51. The summed E-state index contributed by atoms with van der Waals surface area (Å²) in [7, 11) is 1.74. The van der Waals surface area contributed by atoms with E-state index in [9.17, 15) is 9.59 Å². The Labute approximate surface area is 226 Å². The third-order valence-electron chi connectivity index (χ3n) is 5.90. The monoisotopic (exact) mass is 534 g/mol. The number of hydrogen-bond acceptors (Lipinski definition) is 3. The van der Waals surface area contributed by atoms with Crippen LogP contribution in [0.4, 0.5) is 11.5 Å². The molecule has 6 nitrogen and oxygen atoms in total. The lowest BCUT2D eigenvalue weighted by atomic mass is 9.92. The van der Waals surface area contributed by atoms with Gasteiger partial charge in [0.25, 0.3) is 5.91 Å². The van der Waals surface area contributed by atoms with E-state index >= 15 is 0 Å². The Morgan fingerprint density at radius 1 is 0.919 bits per heavy atom. The summed E-state index contributed by atoms with van der Waals surface area (Å²) in [6.45, 7) is 6.23. The van der Waals surface area contributed by atoms with Crippen molar-refractivity contribution in [2.75, 3.05) is 17.3 Å². The molecule has 4 rings (SSSR count). The number of benzene rings is 3. The summed E-state index contributed by atoms with van der Waals surface area (Å²) in [6.07, 6.45) is 0.168. The molecule has 1 aromatic heterocycles. The van der Waals surface area contributed by atoms with E-state index in [0.717, 1.165) is 16.9 Å². The zero-order valence-corrected chi connectivity index (χ0v) is 22.6. The van der Waals surface area contributed by atoms with Crippen molar-refractivity contribution in [1.82, 2.24) is 9.78 Å². The van der Waals surface area contributed by atoms with Gasteiger partial charge in [-0.25, -0.2) is 4.68 Å². The molecule has 1 heterocycles. The van der Waals surface area contributed by atoms with Crippen molar-refractivity contribution in [2.45, 2.75) is 32.6 Å². The van der Waals surface area contributed by atoms with Crippen LogP contribution < -0.4 is 10.2 Å². The molecule has 0 aliphatic carbocycles. The van der Waals surface area contributed by atoms with Gasteiger partial charge in [0.05, 0.1) is 17.8 Å². The molecule has 0 aliphatic heterocycles. The van der Waals surface area contributed by atoms with E-state index in [-0.39, 0.29) is 23.7 Å². The summed E-state index contributed by atoms with van der Waals surface area (Å²) >= 11 is 12.1. The predicted octanol–water partition coefficient (Wildman–Crippen LogP) is 6.93. The maximum Gasteiger partial charge on any atom is 0.255 e. The average Bonchev–Trinajstić information content (AvgIpc) is 3.32. The van der Waals surface area contributed by atoms with Crippen LogP contribution in [0.25, 0.3) is 5.69 Å². The van der Waals surface area contributed by atoms with Crippen molar-refractivity contribution in [3.8, 4) is 5.69 Å². The van der Waals surface area contributed by atoms with Gasteiger partial charge in [0, 0.05) is 39.8 Å². The number of anilines is 2. The molecule has 0 unspecified atom stereocenters. The van der Waals surface area contributed by atoms with Gasteiger partial charge in [-0.1, -0.05) is 62.2 Å². The molecule has 0 atom stereocenters. The molecule has 0 bridgehead atoms. The van der Waals surface area contributed by atoms with E-state index in [0.29, 0.717) is 27.1 Å². The summed E-state index contributed by atoms with van der Waals surface area (Å²) in [6, 6.07) is 23.2. The van der Waals surface area contributed by atoms with Crippen LogP contribution in [0, 0.1) is 0 Å². The van der Waals surface area contributed by atoms with Crippen LogP contribution in [0.5, 0.6) is 0 Å². The van der Waals surface area contributed by atoms with Crippen molar-refractivity contribution in [3.63, 3.8) is 0 Å². The van der Waals surface area contributed by atoms with Gasteiger partial charge in [-0.15, -0.1) is 0 Å². The molecule has 0 radical (unpaired) electrons. The highest BCUT2D eigenvalue weighted by Crippen LogP contribution is 2.29. The van der Waals surface area contributed by atoms with Gasteiger partial charge in [0.1, 0.15) is 5.82 Å². The van der Waals surface area contributed by atoms with E-state index < -0.39 is 0 Å². The number of nitrogens with zero attached hydrogens (tertiary/aromatic N) is 3. The second kappa shape index (κ2) is 10.8. The summed E-state index contributed by atoms with van der Waals surface area (Å²) in [5, 5.41) is 8.81. The standard InChI is InChI=1S/C29H28Cl2N4O2/c1-29(2,3)25-18-26(35(33-25)24-7-5-6-22(31)17-24)34(4)27(36)16-19-8-10-20(11-9-19)28(37)32-23-14-12-21(30)13-15-23/h5-15,17-18H,16H2,1-4H3,(H,32,37). The topological polar surface area (TPSA) is 67.2 Å². The minimum atomic E-state index is -0.238. The normalized spacial score (nSPS) is 11.3. The van der Waals surface area contributed by atoms with Crippen molar-refractivity contribution < 1.29 is 9.59 Å². The number of hydrogen-bond donors (Lipinski definition) is 1. The van der Waals surface area contributed by atoms with Crippen LogP contribution in [0.2, 0.25) is 10.0 Å². The zero-order valence-electron chi connectivity index (χ0n) is 21.1. The third kappa shape index (κ3) is 6.40. The molecule has 0 aliphatic rings. The number of aromatic nitrogens is 2. The lowest BCUT2D eigenvalue weighted by Crippen LogP contribution is -2.29. The molecule has 0 saturated carbocycles. The summed E-state index contributed by atoms with van der Waals surface area (Å²) < 4.78 is 1.74. The van der Waals surface area contributed by atoms with Crippen LogP contribution in [-0.2, 0) is 16.6 Å². The van der Waals surface area contributed by atoms with Gasteiger partial charge in [0.2, 0.25) is 5.91 Å². The van der Waals surface area contributed by atoms with E-state index in [1.165, 1.54) is 0 Å². The minimum absolute atomic E-state index is 0.109. The van der Waals surface area contributed by atoms with E-state index in [2.05, 4.69) is 26.1 Å². The molecule has 2 amide bonds. The molecule has 3 aromatic carbocycles. The fourth-order valence-corrected chi connectivity index (χ4v) is 4.02. The number of rotatable bonds is 6. The van der Waals surface area contributed by atoms with E-state index in [1.54, 1.807) is 71.2 Å². The van der Waals surface area contributed by atoms with Crippen molar-refractivity contribution in [2.24, 2.45) is 0 Å². The minimum Gasteiger partial charge on any atom is -0.322 e. The highest BCUT2D eigenvalue weighted by atomic mass is 35.5. The Morgan fingerprint density at radius 3 is 2.22 bits per heavy atom. The highest BCUT2D eigenvalue weighted by molar-refractivity contribution is 6.31. The number of halogens is 2. The number of amides is 2. The Hall–Kier alpha value is -3.61. The fourth-order valence-electron chi connectivity index (χ4n) is 3.71. The lowest BCUT2D eigenvalue weighted by Gasteiger charge is -2.19. The van der Waals surface area contributed by atoms with Crippen LogP contribution in [-0.4, -0.2) is 28.6 Å². The first-order valence-electron chi connectivity index (χ1n) is 11.8. The Bertz CT molecular complexity index is 1420.